The van der Waals surface area contributed by atoms with Gasteiger partial charge in [0.1, 0.15) is 11.3 Å². The highest BCUT2D eigenvalue weighted by molar-refractivity contribution is 5.84. The number of nitrogens with zero attached hydrogens (tertiary/aromatic N) is 2. The normalized spacial score (nSPS) is 21.9. The molecule has 2 aliphatic heterocycles. The summed E-state index contributed by atoms with van der Waals surface area (Å²) in [6.45, 7) is 2.87. The minimum absolute atomic E-state index is 0.0707. The Morgan fingerprint density at radius 3 is 2.83 bits per heavy atom. The van der Waals surface area contributed by atoms with Crippen molar-refractivity contribution in [2.45, 2.75) is 38.6 Å². The van der Waals surface area contributed by atoms with Crippen molar-refractivity contribution < 1.29 is 18.7 Å². The molecule has 2 aromatic rings. The predicted octanol–water partition coefficient (Wildman–Crippen LogP) is 2.20. The lowest BCUT2D eigenvalue weighted by atomic mass is 9.99. The number of aryl methyl sites for hydroxylation is 1. The number of rotatable bonds is 4. The standard InChI is InChI=1S/C22H26N2O5/c1-3-14-9-21(26)29-19-10-17(7-8-18(14)19)28-13-20(25)24-11-15-5-4-6-16(12-24)23(2)22(15)27/h7-10,15-16H,3-6,11-13H2,1-2H3/t15-,16+/m1/s1. The third-order valence-electron chi connectivity index (χ3n) is 6.10. The van der Waals surface area contributed by atoms with Crippen molar-refractivity contribution >= 4 is 22.8 Å². The molecule has 0 unspecified atom stereocenters. The molecule has 1 aromatic carbocycles. The van der Waals surface area contributed by atoms with Gasteiger partial charge in [-0.1, -0.05) is 13.3 Å². The number of fused-ring (bicyclic) bond motifs is 4. The summed E-state index contributed by atoms with van der Waals surface area (Å²) < 4.78 is 11.0. The van der Waals surface area contributed by atoms with E-state index in [2.05, 4.69) is 0 Å². The van der Waals surface area contributed by atoms with E-state index >= 15 is 0 Å². The highest BCUT2D eigenvalue weighted by atomic mass is 16.5. The monoisotopic (exact) mass is 398 g/mol. The number of likely N-dealkylation sites (tertiary alicyclic amines) is 1. The molecule has 0 saturated carbocycles. The van der Waals surface area contributed by atoms with Gasteiger partial charge in [0.2, 0.25) is 5.91 Å². The molecule has 3 heterocycles. The van der Waals surface area contributed by atoms with Gasteiger partial charge in [-0.05, 0) is 37.0 Å². The Morgan fingerprint density at radius 2 is 2.03 bits per heavy atom. The van der Waals surface area contributed by atoms with Crippen LogP contribution in [0.4, 0.5) is 0 Å². The summed E-state index contributed by atoms with van der Waals surface area (Å²) in [6, 6.07) is 6.85. The highest BCUT2D eigenvalue weighted by Gasteiger charge is 2.37. The van der Waals surface area contributed by atoms with E-state index in [4.69, 9.17) is 9.15 Å². The van der Waals surface area contributed by atoms with Crippen LogP contribution in [0.25, 0.3) is 11.0 Å². The van der Waals surface area contributed by atoms with E-state index in [1.807, 2.05) is 24.9 Å². The zero-order chi connectivity index (χ0) is 20.5. The summed E-state index contributed by atoms with van der Waals surface area (Å²) >= 11 is 0. The SMILES string of the molecule is CCc1cc(=O)oc2cc(OCC(=O)N3C[C@H]4CCC[C@@H](C3)N(C)C4=O)ccc12. The van der Waals surface area contributed by atoms with Gasteiger partial charge < -0.3 is 19.0 Å². The molecule has 2 atom stereocenters. The first-order valence-electron chi connectivity index (χ1n) is 10.2. The lowest BCUT2D eigenvalue weighted by Crippen LogP contribution is -2.44. The van der Waals surface area contributed by atoms with Gasteiger partial charge in [-0.3, -0.25) is 9.59 Å². The van der Waals surface area contributed by atoms with E-state index < -0.39 is 5.63 Å². The van der Waals surface area contributed by atoms with E-state index in [9.17, 15) is 14.4 Å². The number of hydrogen-bond acceptors (Lipinski definition) is 5. The first-order chi connectivity index (χ1) is 14.0. The van der Waals surface area contributed by atoms with Crippen LogP contribution in [0.15, 0.2) is 33.5 Å². The predicted molar refractivity (Wildman–Crippen MR) is 108 cm³/mol. The molecule has 2 fully saturated rings. The zero-order valence-corrected chi connectivity index (χ0v) is 16.8. The average Bonchev–Trinajstić information content (AvgIpc) is 2.89. The van der Waals surface area contributed by atoms with E-state index in [0.29, 0.717) is 24.4 Å². The van der Waals surface area contributed by atoms with Crippen LogP contribution < -0.4 is 10.4 Å². The summed E-state index contributed by atoms with van der Waals surface area (Å²) in [5.41, 5.74) is 0.979. The topological polar surface area (TPSA) is 80.1 Å². The molecule has 2 saturated heterocycles. The molecule has 2 amide bonds. The van der Waals surface area contributed by atoms with E-state index in [1.165, 1.54) is 6.07 Å². The molecule has 2 bridgehead atoms. The molecule has 4 rings (SSSR count). The fourth-order valence-electron chi connectivity index (χ4n) is 4.40. The smallest absolute Gasteiger partial charge is 0.336 e. The van der Waals surface area contributed by atoms with Gasteiger partial charge in [-0.2, -0.15) is 0 Å². The average molecular weight is 398 g/mol. The van der Waals surface area contributed by atoms with Gasteiger partial charge >= 0.3 is 5.63 Å². The summed E-state index contributed by atoms with van der Waals surface area (Å²) in [6.07, 6.45) is 3.50. The van der Waals surface area contributed by atoms with Crippen LogP contribution in [0.2, 0.25) is 0 Å². The number of carbonyl (C=O) groups excluding carboxylic acids is 2. The zero-order valence-electron chi connectivity index (χ0n) is 16.8. The van der Waals surface area contributed by atoms with E-state index in [1.54, 1.807) is 17.0 Å². The molecular formula is C22H26N2O5. The number of benzene rings is 1. The third-order valence-corrected chi connectivity index (χ3v) is 6.10. The van der Waals surface area contributed by atoms with Crippen LogP contribution in [0.5, 0.6) is 5.75 Å². The maximum absolute atomic E-state index is 12.8. The largest absolute Gasteiger partial charge is 0.484 e. The van der Waals surface area contributed by atoms with Crippen molar-refractivity contribution in [2.24, 2.45) is 5.92 Å². The minimum Gasteiger partial charge on any atom is -0.484 e. The quantitative estimate of drug-likeness (QED) is 0.738. The maximum Gasteiger partial charge on any atom is 0.336 e. The Morgan fingerprint density at radius 1 is 1.21 bits per heavy atom. The van der Waals surface area contributed by atoms with Crippen molar-refractivity contribution in [1.29, 1.82) is 0 Å². The van der Waals surface area contributed by atoms with E-state index in [0.717, 1.165) is 36.6 Å². The Kier molecular flexibility index (Phi) is 5.30. The molecule has 29 heavy (non-hydrogen) atoms. The lowest BCUT2D eigenvalue weighted by molar-refractivity contribution is -0.135. The molecule has 7 nitrogen and oxygen atoms in total. The fraction of sp³-hybridized carbons (Fsp3) is 0.500. The number of likely N-dealkylation sites (N-methyl/N-ethyl adjacent to an activating group) is 1. The second-order valence-electron chi connectivity index (χ2n) is 7.92. The van der Waals surface area contributed by atoms with Crippen LogP contribution in [-0.4, -0.2) is 54.4 Å². The molecule has 2 aliphatic rings. The number of carbonyl (C=O) groups is 2. The Balaban J connectivity index is 1.47. The van der Waals surface area contributed by atoms with Gasteiger partial charge in [0.25, 0.3) is 5.91 Å². The van der Waals surface area contributed by atoms with Crippen LogP contribution in [0.1, 0.15) is 31.7 Å². The summed E-state index contributed by atoms with van der Waals surface area (Å²) in [5, 5.41) is 0.868. The number of hydrogen-bond donors (Lipinski definition) is 0. The molecule has 1 aromatic heterocycles. The second-order valence-corrected chi connectivity index (χ2v) is 7.92. The van der Waals surface area contributed by atoms with Crippen LogP contribution >= 0.6 is 0 Å². The molecule has 0 radical (unpaired) electrons. The van der Waals surface area contributed by atoms with Gasteiger partial charge in [0.15, 0.2) is 6.61 Å². The highest BCUT2D eigenvalue weighted by Crippen LogP contribution is 2.27. The number of ether oxygens (including phenoxy) is 1. The summed E-state index contributed by atoms with van der Waals surface area (Å²) in [4.78, 5) is 40.6. The van der Waals surface area contributed by atoms with Gasteiger partial charge in [-0.15, -0.1) is 0 Å². The number of amides is 2. The van der Waals surface area contributed by atoms with E-state index in [-0.39, 0.29) is 30.4 Å². The molecule has 7 heteroatoms. The molecule has 0 spiro atoms. The third kappa shape index (κ3) is 3.86. The van der Waals surface area contributed by atoms with Crippen molar-refractivity contribution in [1.82, 2.24) is 9.80 Å². The van der Waals surface area contributed by atoms with Gasteiger partial charge in [0.05, 0.1) is 5.92 Å². The molecule has 0 aliphatic carbocycles. The van der Waals surface area contributed by atoms with Gasteiger partial charge in [0, 0.05) is 43.7 Å². The molecule has 154 valence electrons. The van der Waals surface area contributed by atoms with Crippen molar-refractivity contribution in [3.8, 4) is 5.75 Å². The molecule has 0 N–H and O–H groups in total. The van der Waals surface area contributed by atoms with Crippen LogP contribution in [0, 0.1) is 5.92 Å². The Labute approximate surface area is 169 Å². The van der Waals surface area contributed by atoms with Crippen molar-refractivity contribution in [2.75, 3.05) is 26.7 Å². The fourth-order valence-corrected chi connectivity index (χ4v) is 4.40. The van der Waals surface area contributed by atoms with Crippen molar-refractivity contribution in [3.63, 3.8) is 0 Å². The molecular weight excluding hydrogens is 372 g/mol. The minimum atomic E-state index is -0.396. The van der Waals surface area contributed by atoms with Gasteiger partial charge in [-0.25, -0.2) is 4.79 Å². The maximum atomic E-state index is 12.8. The van der Waals surface area contributed by atoms with Crippen molar-refractivity contribution in [3.05, 3.63) is 40.2 Å². The van der Waals surface area contributed by atoms with Crippen LogP contribution in [-0.2, 0) is 16.0 Å². The summed E-state index contributed by atoms with van der Waals surface area (Å²) in [7, 11) is 1.84. The lowest BCUT2D eigenvalue weighted by Gasteiger charge is -2.29. The Bertz CT molecular complexity index is 998. The summed E-state index contributed by atoms with van der Waals surface area (Å²) in [5.74, 6) is 0.359. The first kappa shape index (κ1) is 19.5. The van der Waals surface area contributed by atoms with Crippen LogP contribution in [0.3, 0.4) is 0 Å². The first-order valence-corrected chi connectivity index (χ1v) is 10.2. The Hall–Kier alpha value is -2.83. The second kappa shape index (κ2) is 7.89.